The van der Waals surface area contributed by atoms with Gasteiger partial charge in [-0.15, -0.1) is 0 Å². The quantitative estimate of drug-likeness (QED) is 0.310. The minimum Gasteiger partial charge on any atom is -0.299 e. The first-order valence-electron chi connectivity index (χ1n) is 8.97. The molecule has 0 heterocycles. The molecule has 1 nitrogen and oxygen atoms in total. The Bertz CT molecular complexity index is 598. The highest BCUT2D eigenvalue weighted by atomic mass is 16.1. The summed E-state index contributed by atoms with van der Waals surface area (Å²) in [5, 5.41) is 0. The Morgan fingerprint density at radius 2 is 1.79 bits per heavy atom. The van der Waals surface area contributed by atoms with E-state index < -0.39 is 0 Å². The zero-order chi connectivity index (χ0) is 18.4. The van der Waals surface area contributed by atoms with Crippen LogP contribution in [-0.4, -0.2) is 6.29 Å². The first-order valence-corrected chi connectivity index (χ1v) is 8.97. The number of carbonyl (C=O) groups is 1. The standard InChI is InChI=1S/C23H34O/c1-18(15-17-24)10-8-12-20(22(3,4)5)13-14-21-19(2)11-9-16-23(21,6)7/h8,10,12-15,17H,9,11,16H2,1-7H3/b10-8-,14-13+,18-15+,20-12-. The van der Waals surface area contributed by atoms with Gasteiger partial charge in [-0.05, 0) is 66.7 Å². The second-order valence-corrected chi connectivity index (χ2v) is 8.54. The van der Waals surface area contributed by atoms with E-state index >= 15 is 0 Å². The van der Waals surface area contributed by atoms with Crippen molar-refractivity contribution in [2.75, 3.05) is 0 Å². The minimum absolute atomic E-state index is 0.0798. The fourth-order valence-corrected chi connectivity index (χ4v) is 3.21. The third kappa shape index (κ3) is 6.11. The van der Waals surface area contributed by atoms with Crippen molar-refractivity contribution in [1.82, 2.24) is 0 Å². The molecule has 0 saturated heterocycles. The molecule has 0 aromatic carbocycles. The van der Waals surface area contributed by atoms with E-state index in [0.717, 1.165) is 11.9 Å². The monoisotopic (exact) mass is 326 g/mol. The lowest BCUT2D eigenvalue weighted by atomic mass is 9.72. The molecular formula is C23H34O. The van der Waals surface area contributed by atoms with Gasteiger partial charge in [0.1, 0.15) is 6.29 Å². The van der Waals surface area contributed by atoms with Crippen LogP contribution in [0.25, 0.3) is 0 Å². The second-order valence-electron chi connectivity index (χ2n) is 8.54. The van der Waals surface area contributed by atoms with Crippen molar-refractivity contribution in [2.24, 2.45) is 10.8 Å². The maximum atomic E-state index is 10.5. The molecule has 0 aromatic heterocycles. The summed E-state index contributed by atoms with van der Waals surface area (Å²) in [6.07, 6.45) is 16.9. The SMILES string of the molecule is CC1=C(/C=C/C(=C/C=C\C(C)=C\C=O)C(C)(C)C)C(C)(C)CCC1. The van der Waals surface area contributed by atoms with Gasteiger partial charge in [-0.2, -0.15) is 0 Å². The van der Waals surface area contributed by atoms with Crippen molar-refractivity contribution < 1.29 is 4.79 Å². The molecule has 132 valence electrons. The second kappa shape index (κ2) is 8.46. The van der Waals surface area contributed by atoms with Crippen LogP contribution in [-0.2, 0) is 4.79 Å². The number of rotatable bonds is 5. The van der Waals surface area contributed by atoms with Crippen molar-refractivity contribution in [2.45, 2.75) is 67.7 Å². The molecule has 0 fully saturated rings. The number of carbonyl (C=O) groups excluding carboxylic acids is 1. The van der Waals surface area contributed by atoms with Crippen molar-refractivity contribution >= 4 is 6.29 Å². The van der Waals surface area contributed by atoms with Gasteiger partial charge in [0.25, 0.3) is 0 Å². The van der Waals surface area contributed by atoms with Gasteiger partial charge in [0.15, 0.2) is 0 Å². The molecule has 1 rings (SSSR count). The molecule has 0 aromatic rings. The highest BCUT2D eigenvalue weighted by Gasteiger charge is 2.26. The summed E-state index contributed by atoms with van der Waals surface area (Å²) >= 11 is 0. The van der Waals surface area contributed by atoms with Gasteiger partial charge in [-0.25, -0.2) is 0 Å². The highest BCUT2D eigenvalue weighted by molar-refractivity contribution is 5.67. The predicted molar refractivity (Wildman–Crippen MR) is 106 cm³/mol. The molecule has 0 amide bonds. The molecule has 0 aliphatic heterocycles. The van der Waals surface area contributed by atoms with Crippen molar-refractivity contribution in [3.63, 3.8) is 0 Å². The lowest BCUT2D eigenvalue weighted by Gasteiger charge is -2.33. The average molecular weight is 327 g/mol. The zero-order valence-electron chi connectivity index (χ0n) is 16.6. The lowest BCUT2D eigenvalue weighted by Crippen LogP contribution is -2.19. The minimum atomic E-state index is 0.0798. The summed E-state index contributed by atoms with van der Waals surface area (Å²) in [6, 6.07) is 0. The first kappa shape index (κ1) is 20.4. The summed E-state index contributed by atoms with van der Waals surface area (Å²) in [6.45, 7) is 15.6. The lowest BCUT2D eigenvalue weighted by molar-refractivity contribution is -0.104. The fraction of sp³-hybridized carbons (Fsp3) is 0.522. The van der Waals surface area contributed by atoms with Crippen LogP contribution < -0.4 is 0 Å². The van der Waals surface area contributed by atoms with Crippen molar-refractivity contribution in [3.05, 3.63) is 58.7 Å². The predicted octanol–water partition coefficient (Wildman–Crippen LogP) is 6.74. The van der Waals surface area contributed by atoms with E-state index in [2.05, 4.69) is 59.8 Å². The van der Waals surface area contributed by atoms with Gasteiger partial charge >= 0.3 is 0 Å². The van der Waals surface area contributed by atoms with Gasteiger partial charge in [-0.1, -0.05) is 70.6 Å². The summed E-state index contributed by atoms with van der Waals surface area (Å²) < 4.78 is 0. The largest absolute Gasteiger partial charge is 0.299 e. The molecule has 0 spiro atoms. The summed E-state index contributed by atoms with van der Waals surface area (Å²) in [5.41, 5.74) is 5.61. The smallest absolute Gasteiger partial charge is 0.143 e. The summed E-state index contributed by atoms with van der Waals surface area (Å²) in [5.74, 6) is 0. The van der Waals surface area contributed by atoms with E-state index in [1.54, 1.807) is 6.08 Å². The van der Waals surface area contributed by atoms with Crippen LogP contribution in [0.4, 0.5) is 0 Å². The third-order valence-electron chi connectivity index (χ3n) is 4.80. The van der Waals surface area contributed by atoms with Crippen LogP contribution in [0.2, 0.25) is 0 Å². The molecule has 0 radical (unpaired) electrons. The van der Waals surface area contributed by atoms with Gasteiger partial charge in [0.05, 0.1) is 0 Å². The Morgan fingerprint density at radius 3 is 2.33 bits per heavy atom. The van der Waals surface area contributed by atoms with Gasteiger partial charge < -0.3 is 0 Å². The first-order chi connectivity index (χ1) is 11.1. The van der Waals surface area contributed by atoms with Gasteiger partial charge in [0, 0.05) is 0 Å². The van der Waals surface area contributed by atoms with E-state index in [0.29, 0.717) is 0 Å². The van der Waals surface area contributed by atoms with E-state index in [1.807, 2.05) is 19.1 Å². The van der Waals surface area contributed by atoms with Crippen LogP contribution in [0.5, 0.6) is 0 Å². The van der Waals surface area contributed by atoms with E-state index in [4.69, 9.17) is 0 Å². The molecule has 0 atom stereocenters. The summed E-state index contributed by atoms with van der Waals surface area (Å²) in [7, 11) is 0. The maximum absolute atomic E-state index is 10.5. The van der Waals surface area contributed by atoms with Crippen molar-refractivity contribution in [3.8, 4) is 0 Å². The number of hydrogen-bond donors (Lipinski definition) is 0. The Hall–Kier alpha value is -1.63. The van der Waals surface area contributed by atoms with Crippen molar-refractivity contribution in [1.29, 1.82) is 0 Å². The third-order valence-corrected chi connectivity index (χ3v) is 4.80. The maximum Gasteiger partial charge on any atom is 0.143 e. The van der Waals surface area contributed by atoms with Gasteiger partial charge in [-0.3, -0.25) is 4.79 Å². The molecule has 24 heavy (non-hydrogen) atoms. The molecule has 0 bridgehead atoms. The Labute approximate surface area is 148 Å². The normalized spacial score (nSPS) is 20.3. The molecule has 0 unspecified atom stereocenters. The number of hydrogen-bond acceptors (Lipinski definition) is 1. The topological polar surface area (TPSA) is 17.1 Å². The van der Waals surface area contributed by atoms with Crippen LogP contribution in [0.3, 0.4) is 0 Å². The zero-order valence-corrected chi connectivity index (χ0v) is 16.6. The molecule has 1 aliphatic carbocycles. The van der Waals surface area contributed by atoms with E-state index in [9.17, 15) is 4.79 Å². The van der Waals surface area contributed by atoms with E-state index in [-0.39, 0.29) is 10.8 Å². The fourth-order valence-electron chi connectivity index (χ4n) is 3.21. The van der Waals surface area contributed by atoms with Crippen LogP contribution >= 0.6 is 0 Å². The van der Waals surface area contributed by atoms with E-state index in [1.165, 1.54) is 36.0 Å². The molecule has 1 aliphatic rings. The Balaban J connectivity index is 3.11. The molecule has 0 N–H and O–H groups in total. The highest BCUT2D eigenvalue weighted by Crippen LogP contribution is 2.41. The number of aldehydes is 1. The van der Waals surface area contributed by atoms with Crippen LogP contribution in [0.1, 0.15) is 67.7 Å². The Kier molecular flexibility index (Phi) is 7.20. The molecule has 0 saturated carbocycles. The van der Waals surface area contributed by atoms with Gasteiger partial charge in [0.2, 0.25) is 0 Å². The van der Waals surface area contributed by atoms with Crippen LogP contribution in [0.15, 0.2) is 58.7 Å². The van der Waals surface area contributed by atoms with Crippen LogP contribution in [0, 0.1) is 10.8 Å². The molecule has 1 heteroatoms. The Morgan fingerprint density at radius 1 is 1.12 bits per heavy atom. The number of allylic oxidation sites excluding steroid dienone is 10. The summed E-state index contributed by atoms with van der Waals surface area (Å²) in [4.78, 5) is 10.5. The molecular weight excluding hydrogens is 292 g/mol. The average Bonchev–Trinajstić information content (AvgIpc) is 2.43.